The van der Waals surface area contributed by atoms with Crippen LogP contribution < -0.4 is 0 Å². The molecule has 0 aromatic rings. The van der Waals surface area contributed by atoms with Crippen molar-refractivity contribution in [1.82, 2.24) is 4.90 Å². The van der Waals surface area contributed by atoms with Crippen molar-refractivity contribution in [1.29, 1.82) is 0 Å². The first kappa shape index (κ1) is 45.9. The van der Waals surface area contributed by atoms with E-state index in [0.717, 1.165) is 0 Å². The molecule has 0 radical (unpaired) electrons. The van der Waals surface area contributed by atoms with Crippen molar-refractivity contribution in [3.8, 4) is 0 Å². The zero-order chi connectivity index (χ0) is 40.0. The molecule has 0 aromatic heterocycles. The van der Waals surface area contributed by atoms with E-state index < -0.39 is 108 Å². The normalized spacial score (nSPS) is 17.0. The maximum atomic E-state index is 13.8. The highest BCUT2D eigenvalue weighted by Crippen LogP contribution is 2.64. The van der Waals surface area contributed by atoms with Gasteiger partial charge in [-0.1, -0.05) is 0 Å². The largest absolute Gasteiger partial charge is 0.460 e. The first-order chi connectivity index (χ1) is 20.1. The Morgan fingerprint density at radius 3 is 0.562 bits per heavy atom. The topological polar surface area (TPSA) is 3.24 Å². The van der Waals surface area contributed by atoms with Gasteiger partial charge in [-0.2, -0.15) is 132 Å². The van der Waals surface area contributed by atoms with Crippen molar-refractivity contribution in [2.75, 3.05) is 20.1 Å². The second-order valence-corrected chi connectivity index (χ2v) is 9.32. The quantitative estimate of drug-likeness (QED) is 0.159. The molecule has 0 rings (SSSR count). The molecule has 0 bridgehead atoms. The van der Waals surface area contributed by atoms with Gasteiger partial charge in [0.2, 0.25) is 0 Å². The van der Waals surface area contributed by atoms with Crippen LogP contribution in [0.3, 0.4) is 0 Å². The highest BCUT2D eigenvalue weighted by Gasteiger charge is 2.95. The summed E-state index contributed by atoms with van der Waals surface area (Å²) in [5, 5.41) is 0. The molecule has 31 heteroatoms. The van der Waals surface area contributed by atoms with Crippen molar-refractivity contribution < 1.29 is 132 Å². The van der Waals surface area contributed by atoms with Crippen LogP contribution in [0, 0.1) is 0 Å². The third-order valence-corrected chi connectivity index (χ3v) is 5.72. The lowest BCUT2D eigenvalue weighted by atomic mass is 9.90. The summed E-state index contributed by atoms with van der Waals surface area (Å²) in [4.78, 5) is -1.96. The Morgan fingerprint density at radius 2 is 0.396 bits per heavy atom. The maximum absolute atomic E-state index is 13.8. The van der Waals surface area contributed by atoms with Crippen LogP contribution in [0.5, 0.6) is 0 Å². The molecule has 1 nitrogen and oxygen atoms in total. The second kappa shape index (κ2) is 11.4. The summed E-state index contributed by atoms with van der Waals surface area (Å²) in [6.45, 7) is -8.30. The number of nitrogens with zero attached hydrogens (tertiary/aromatic N) is 1. The first-order valence-electron chi connectivity index (χ1n) is 10.5. The fourth-order valence-electron chi connectivity index (χ4n) is 2.93. The molecule has 0 saturated carbocycles. The van der Waals surface area contributed by atoms with Gasteiger partial charge in [-0.3, -0.25) is 4.90 Å². The zero-order valence-electron chi connectivity index (χ0n) is 21.2. The van der Waals surface area contributed by atoms with E-state index in [1.54, 1.807) is 0 Å². The van der Waals surface area contributed by atoms with Crippen LogP contribution in [0.1, 0.15) is 0 Å². The van der Waals surface area contributed by atoms with Crippen LogP contribution in [0.25, 0.3) is 0 Å². The molecule has 0 fully saturated rings. The third-order valence-electron chi connectivity index (χ3n) is 5.72. The van der Waals surface area contributed by atoms with Crippen LogP contribution in [0.4, 0.5) is 132 Å². The molecule has 48 heavy (non-hydrogen) atoms. The molecule has 0 atom stereocenters. The van der Waals surface area contributed by atoms with Crippen LogP contribution in [-0.4, -0.2) is 108 Å². The second-order valence-electron chi connectivity index (χ2n) is 9.32. The molecule has 0 saturated heterocycles. The van der Waals surface area contributed by atoms with E-state index in [4.69, 9.17) is 0 Å². The summed E-state index contributed by atoms with van der Waals surface area (Å²) >= 11 is 0. The Balaban J connectivity index is 6.75. The molecule has 0 amide bonds. The summed E-state index contributed by atoms with van der Waals surface area (Å²) in [6, 6.07) is 0. The number of alkyl halides is 30. The van der Waals surface area contributed by atoms with Gasteiger partial charge in [0.15, 0.2) is 0 Å². The Morgan fingerprint density at radius 1 is 0.250 bits per heavy atom. The number of hydrogen-bond acceptors (Lipinski definition) is 1. The standard InChI is InChI=1S/C17H7F30N/c1-48(2-4(18,19)6(22,23)8(26,27)10(30,31)12(34,35)14(38,39)16(42,43)44)3-5(20,21)7(24,25)9(28,29)11(32,33)13(36,37)15(40,41)17(45,46)47/h2-3H2,1H3. The van der Waals surface area contributed by atoms with E-state index in [0.29, 0.717) is 0 Å². The summed E-state index contributed by atoms with van der Waals surface area (Å²) in [6.07, 6.45) is -16.1. The molecule has 0 spiro atoms. The summed E-state index contributed by atoms with van der Waals surface area (Å²) in [7, 11) is -0.931. The van der Waals surface area contributed by atoms with E-state index in [1.165, 1.54) is 0 Å². The number of hydrogen-bond donors (Lipinski definition) is 0. The average molecular weight is 795 g/mol. The maximum Gasteiger partial charge on any atom is 0.460 e. The van der Waals surface area contributed by atoms with Gasteiger partial charge in [0, 0.05) is 0 Å². The van der Waals surface area contributed by atoms with E-state index in [-0.39, 0.29) is 0 Å². The fourth-order valence-corrected chi connectivity index (χ4v) is 2.93. The first-order valence-corrected chi connectivity index (χ1v) is 10.5. The van der Waals surface area contributed by atoms with Gasteiger partial charge in [0.05, 0.1) is 13.1 Å². The smallest absolute Gasteiger partial charge is 0.294 e. The minimum atomic E-state index is -8.96. The molecule has 0 unspecified atom stereocenters. The van der Waals surface area contributed by atoms with E-state index in [1.807, 2.05) is 0 Å². The Kier molecular flexibility index (Phi) is 10.9. The predicted molar refractivity (Wildman–Crippen MR) is 89.0 cm³/mol. The van der Waals surface area contributed by atoms with Crippen LogP contribution in [-0.2, 0) is 0 Å². The van der Waals surface area contributed by atoms with E-state index in [2.05, 4.69) is 0 Å². The molecule has 0 aliphatic heterocycles. The molecular formula is C17H7F30N. The van der Waals surface area contributed by atoms with Crippen LogP contribution >= 0.6 is 0 Å². The summed E-state index contributed by atoms with van der Waals surface area (Å²) < 4.78 is 394. The average Bonchev–Trinajstić information content (AvgIpc) is 2.80. The molecule has 0 heterocycles. The Labute approximate surface area is 241 Å². The lowest BCUT2D eigenvalue weighted by molar-refractivity contribution is -0.454. The fraction of sp³-hybridized carbons (Fsp3) is 1.00. The molecule has 290 valence electrons. The number of rotatable bonds is 14. The van der Waals surface area contributed by atoms with Crippen molar-refractivity contribution in [3.05, 3.63) is 0 Å². The van der Waals surface area contributed by atoms with Crippen molar-refractivity contribution in [2.24, 2.45) is 0 Å². The SMILES string of the molecule is CN(CC(F)(F)C(F)(F)C(F)(F)C(F)(F)C(F)(F)C(F)(F)C(F)(F)F)CC(F)(F)C(F)(F)C(F)(F)C(F)(F)C(F)(F)C(F)(F)C(F)(F)F. The highest BCUT2D eigenvalue weighted by atomic mass is 19.4. The van der Waals surface area contributed by atoms with Crippen LogP contribution in [0.2, 0.25) is 0 Å². The van der Waals surface area contributed by atoms with Gasteiger partial charge in [0.25, 0.3) is 0 Å². The molecular weight excluding hydrogens is 788 g/mol. The summed E-state index contributed by atoms with van der Waals surface area (Å²) in [5.41, 5.74) is 0. The monoisotopic (exact) mass is 795 g/mol. The van der Waals surface area contributed by atoms with E-state index in [9.17, 15) is 132 Å². The van der Waals surface area contributed by atoms with Gasteiger partial charge in [-0.25, -0.2) is 0 Å². The summed E-state index contributed by atoms with van der Waals surface area (Å²) in [5.74, 6) is -103. The van der Waals surface area contributed by atoms with Gasteiger partial charge in [0.1, 0.15) is 0 Å². The Hall–Kier alpha value is -2.14. The zero-order valence-corrected chi connectivity index (χ0v) is 21.2. The minimum absolute atomic E-state index is 0.931. The minimum Gasteiger partial charge on any atom is -0.294 e. The third kappa shape index (κ3) is 6.00. The lowest BCUT2D eigenvalue weighted by Crippen LogP contribution is -2.74. The lowest BCUT2D eigenvalue weighted by Gasteiger charge is -2.43. The van der Waals surface area contributed by atoms with Crippen molar-refractivity contribution in [3.63, 3.8) is 0 Å². The molecule has 0 N–H and O–H groups in total. The van der Waals surface area contributed by atoms with Crippen molar-refractivity contribution >= 4 is 0 Å². The van der Waals surface area contributed by atoms with Gasteiger partial charge >= 0.3 is 83.4 Å². The molecule has 0 aliphatic rings. The van der Waals surface area contributed by atoms with Gasteiger partial charge < -0.3 is 0 Å². The van der Waals surface area contributed by atoms with Gasteiger partial charge in [-0.15, -0.1) is 0 Å². The molecule has 0 aromatic carbocycles. The van der Waals surface area contributed by atoms with Crippen LogP contribution in [0.15, 0.2) is 0 Å². The molecule has 0 aliphatic carbocycles. The van der Waals surface area contributed by atoms with Crippen molar-refractivity contribution in [2.45, 2.75) is 83.4 Å². The number of halogens is 30. The van der Waals surface area contributed by atoms with E-state index >= 15 is 0 Å². The highest BCUT2D eigenvalue weighted by molar-refractivity contribution is 5.15. The Bertz CT molecular complexity index is 1050. The predicted octanol–water partition coefficient (Wildman–Crippen LogP) is 9.67. The van der Waals surface area contributed by atoms with Gasteiger partial charge in [-0.05, 0) is 7.05 Å².